The zero-order valence-corrected chi connectivity index (χ0v) is 6.15. The molecular formula is C7H15FN2. The van der Waals surface area contributed by atoms with Crippen LogP contribution in [-0.4, -0.2) is 25.8 Å². The minimum atomic E-state index is -0.787. The third kappa shape index (κ3) is 2.23. The van der Waals surface area contributed by atoms with E-state index in [2.05, 4.69) is 5.32 Å². The van der Waals surface area contributed by atoms with Gasteiger partial charge in [-0.2, -0.15) is 0 Å². The molecule has 1 heterocycles. The molecule has 0 saturated carbocycles. The molecule has 10 heavy (non-hydrogen) atoms. The Labute approximate surface area is 61.0 Å². The van der Waals surface area contributed by atoms with Gasteiger partial charge in [-0.25, -0.2) is 4.39 Å². The predicted molar refractivity (Wildman–Crippen MR) is 39.5 cm³/mol. The third-order valence-corrected chi connectivity index (χ3v) is 2.01. The smallest absolute Gasteiger partial charge is 0.113 e. The maximum absolute atomic E-state index is 12.6. The molecule has 0 aromatic heterocycles. The molecule has 0 radical (unpaired) electrons. The highest BCUT2D eigenvalue weighted by Gasteiger charge is 2.18. The second-order valence-electron chi connectivity index (χ2n) is 2.93. The maximum Gasteiger partial charge on any atom is 0.113 e. The Morgan fingerprint density at radius 3 is 3.00 bits per heavy atom. The van der Waals surface area contributed by atoms with E-state index in [4.69, 9.17) is 5.73 Å². The molecule has 1 aliphatic rings. The SMILES string of the molecule is NCC(F)CC1CCNC1. The Morgan fingerprint density at radius 2 is 2.50 bits per heavy atom. The summed E-state index contributed by atoms with van der Waals surface area (Å²) in [4.78, 5) is 0. The molecule has 1 aliphatic heterocycles. The fourth-order valence-corrected chi connectivity index (χ4v) is 1.37. The second kappa shape index (κ2) is 3.88. The maximum atomic E-state index is 12.6. The van der Waals surface area contributed by atoms with Crippen LogP contribution in [0.15, 0.2) is 0 Å². The van der Waals surface area contributed by atoms with Gasteiger partial charge in [0.25, 0.3) is 0 Å². The van der Waals surface area contributed by atoms with Crippen LogP contribution in [0.25, 0.3) is 0 Å². The lowest BCUT2D eigenvalue weighted by atomic mass is 10.0. The van der Waals surface area contributed by atoms with Crippen molar-refractivity contribution in [2.75, 3.05) is 19.6 Å². The van der Waals surface area contributed by atoms with Crippen molar-refractivity contribution >= 4 is 0 Å². The van der Waals surface area contributed by atoms with Crippen LogP contribution in [0.2, 0.25) is 0 Å². The highest BCUT2D eigenvalue weighted by atomic mass is 19.1. The highest BCUT2D eigenvalue weighted by molar-refractivity contribution is 4.74. The molecule has 1 rings (SSSR count). The molecule has 0 aromatic rings. The van der Waals surface area contributed by atoms with Gasteiger partial charge in [-0.1, -0.05) is 0 Å². The summed E-state index contributed by atoms with van der Waals surface area (Å²) < 4.78 is 12.6. The normalized spacial score (nSPS) is 28.8. The second-order valence-corrected chi connectivity index (χ2v) is 2.93. The van der Waals surface area contributed by atoms with Crippen LogP contribution < -0.4 is 11.1 Å². The van der Waals surface area contributed by atoms with Gasteiger partial charge in [0.1, 0.15) is 6.17 Å². The van der Waals surface area contributed by atoms with Gasteiger partial charge < -0.3 is 11.1 Å². The van der Waals surface area contributed by atoms with Crippen molar-refractivity contribution < 1.29 is 4.39 Å². The van der Waals surface area contributed by atoms with Crippen molar-refractivity contribution in [2.45, 2.75) is 19.0 Å². The summed E-state index contributed by atoms with van der Waals surface area (Å²) in [6.45, 7) is 2.19. The Hall–Kier alpha value is -0.150. The molecule has 2 nitrogen and oxygen atoms in total. The zero-order valence-electron chi connectivity index (χ0n) is 6.15. The summed E-state index contributed by atoms with van der Waals surface area (Å²) in [6.07, 6.45) is 0.967. The van der Waals surface area contributed by atoms with Crippen molar-refractivity contribution in [3.63, 3.8) is 0 Å². The third-order valence-electron chi connectivity index (χ3n) is 2.01. The average molecular weight is 146 g/mol. The molecule has 0 amide bonds. The van der Waals surface area contributed by atoms with Gasteiger partial charge in [-0.05, 0) is 31.8 Å². The van der Waals surface area contributed by atoms with E-state index in [0.29, 0.717) is 12.3 Å². The van der Waals surface area contributed by atoms with Crippen molar-refractivity contribution in [3.05, 3.63) is 0 Å². The highest BCUT2D eigenvalue weighted by Crippen LogP contribution is 2.15. The Morgan fingerprint density at radius 1 is 1.70 bits per heavy atom. The van der Waals surface area contributed by atoms with Crippen molar-refractivity contribution in [1.29, 1.82) is 0 Å². The van der Waals surface area contributed by atoms with Crippen LogP contribution in [0.3, 0.4) is 0 Å². The quantitative estimate of drug-likeness (QED) is 0.600. The molecule has 0 bridgehead atoms. The Balaban J connectivity index is 2.11. The van der Waals surface area contributed by atoms with E-state index in [1.807, 2.05) is 0 Å². The number of hydrogen-bond donors (Lipinski definition) is 2. The summed E-state index contributed by atoms with van der Waals surface area (Å²) in [7, 11) is 0. The van der Waals surface area contributed by atoms with Crippen LogP contribution in [0.1, 0.15) is 12.8 Å². The number of rotatable bonds is 3. The number of nitrogens with two attached hydrogens (primary N) is 1. The van der Waals surface area contributed by atoms with Gasteiger partial charge in [0, 0.05) is 6.54 Å². The zero-order chi connectivity index (χ0) is 7.40. The van der Waals surface area contributed by atoms with E-state index >= 15 is 0 Å². The van der Waals surface area contributed by atoms with Gasteiger partial charge in [0.15, 0.2) is 0 Å². The van der Waals surface area contributed by atoms with Gasteiger partial charge in [0.2, 0.25) is 0 Å². The van der Waals surface area contributed by atoms with Crippen LogP contribution in [-0.2, 0) is 0 Å². The van der Waals surface area contributed by atoms with Crippen molar-refractivity contribution in [3.8, 4) is 0 Å². The summed E-state index contributed by atoms with van der Waals surface area (Å²) in [5.74, 6) is 0.526. The van der Waals surface area contributed by atoms with E-state index in [0.717, 1.165) is 19.5 Å². The first-order valence-electron chi connectivity index (χ1n) is 3.87. The topological polar surface area (TPSA) is 38.0 Å². The lowest BCUT2D eigenvalue weighted by molar-refractivity contribution is 0.282. The molecule has 3 N–H and O–H groups in total. The molecule has 1 fully saturated rings. The first-order valence-corrected chi connectivity index (χ1v) is 3.87. The van der Waals surface area contributed by atoms with E-state index in [-0.39, 0.29) is 6.54 Å². The number of hydrogen-bond acceptors (Lipinski definition) is 2. The molecule has 3 heteroatoms. The van der Waals surface area contributed by atoms with Gasteiger partial charge >= 0.3 is 0 Å². The first-order chi connectivity index (χ1) is 4.83. The van der Waals surface area contributed by atoms with Crippen molar-refractivity contribution in [2.24, 2.45) is 11.7 Å². The summed E-state index contributed by atoms with van der Waals surface area (Å²) in [5.41, 5.74) is 5.15. The van der Waals surface area contributed by atoms with E-state index in [1.54, 1.807) is 0 Å². The standard InChI is InChI=1S/C7H15FN2/c8-7(4-9)3-6-1-2-10-5-6/h6-7,10H,1-5,9H2. The fourth-order valence-electron chi connectivity index (χ4n) is 1.37. The van der Waals surface area contributed by atoms with Crippen molar-refractivity contribution in [1.82, 2.24) is 5.32 Å². The molecule has 0 aromatic carbocycles. The molecule has 2 atom stereocenters. The van der Waals surface area contributed by atoms with Gasteiger partial charge in [-0.15, -0.1) is 0 Å². The van der Waals surface area contributed by atoms with E-state index in [9.17, 15) is 4.39 Å². The monoisotopic (exact) mass is 146 g/mol. The van der Waals surface area contributed by atoms with E-state index in [1.165, 1.54) is 0 Å². The fraction of sp³-hybridized carbons (Fsp3) is 1.00. The first kappa shape index (κ1) is 7.95. The molecule has 0 aliphatic carbocycles. The molecular weight excluding hydrogens is 131 g/mol. The Bertz CT molecular complexity index is 91.6. The van der Waals surface area contributed by atoms with Crippen LogP contribution in [0.5, 0.6) is 0 Å². The molecule has 1 saturated heterocycles. The minimum absolute atomic E-state index is 0.177. The average Bonchev–Trinajstić information content (AvgIpc) is 2.40. The van der Waals surface area contributed by atoms with Crippen LogP contribution in [0, 0.1) is 5.92 Å². The summed E-state index contributed by atoms with van der Waals surface area (Å²) in [5, 5.41) is 3.19. The minimum Gasteiger partial charge on any atom is -0.328 e. The predicted octanol–water partition coefficient (Wildman–Crippen LogP) is 0.283. The Kier molecular flexibility index (Phi) is 3.09. The molecule has 60 valence electrons. The molecule has 2 unspecified atom stereocenters. The van der Waals surface area contributed by atoms with Gasteiger partial charge in [-0.3, -0.25) is 0 Å². The number of halogens is 1. The lowest BCUT2D eigenvalue weighted by Gasteiger charge is -2.09. The number of alkyl halides is 1. The summed E-state index contributed by atoms with van der Waals surface area (Å²) in [6, 6.07) is 0. The number of nitrogens with one attached hydrogen (secondary N) is 1. The molecule has 0 spiro atoms. The van der Waals surface area contributed by atoms with Crippen LogP contribution >= 0.6 is 0 Å². The lowest BCUT2D eigenvalue weighted by Crippen LogP contribution is -2.20. The largest absolute Gasteiger partial charge is 0.328 e. The van der Waals surface area contributed by atoms with E-state index < -0.39 is 6.17 Å². The summed E-state index contributed by atoms with van der Waals surface area (Å²) >= 11 is 0. The van der Waals surface area contributed by atoms with Crippen LogP contribution in [0.4, 0.5) is 4.39 Å². The van der Waals surface area contributed by atoms with Gasteiger partial charge in [0.05, 0.1) is 0 Å².